The average Bonchev–Trinajstić information content (AvgIpc) is 2.83. The summed E-state index contributed by atoms with van der Waals surface area (Å²) in [5, 5.41) is 5.31. The number of amides is 2. The standard InChI is InChI=1S/C22H27F3N6O4S/c1-3-26-21(32)27-16-6-4-15(5-7-16)19-28-18-12-30(36(33,34)22(23,24)25)9-8-17(18)20(29-19)31-10-11-35-13-14(31)2/h4-7,14H,3,8-13H2,1-2H3,(H2,26,27,32)/t14-/m0/s1. The minimum atomic E-state index is -5.50. The molecule has 0 radical (unpaired) electrons. The van der Waals surface area contributed by atoms with E-state index in [1.165, 1.54) is 0 Å². The molecule has 1 saturated heterocycles. The molecule has 4 rings (SSSR count). The first kappa shape index (κ1) is 26.1. The summed E-state index contributed by atoms with van der Waals surface area (Å²) in [5.41, 5.74) is -3.42. The fraction of sp³-hybridized carbons (Fsp3) is 0.500. The van der Waals surface area contributed by atoms with Gasteiger partial charge in [0.25, 0.3) is 0 Å². The number of rotatable bonds is 5. The monoisotopic (exact) mass is 528 g/mol. The van der Waals surface area contributed by atoms with E-state index in [1.807, 2.05) is 11.8 Å². The molecule has 2 amide bonds. The van der Waals surface area contributed by atoms with Crippen LogP contribution in [0.15, 0.2) is 24.3 Å². The van der Waals surface area contributed by atoms with Gasteiger partial charge in [0.2, 0.25) is 0 Å². The zero-order valence-corrected chi connectivity index (χ0v) is 20.6. The van der Waals surface area contributed by atoms with Crippen LogP contribution >= 0.6 is 0 Å². The number of aromatic nitrogens is 2. The molecule has 0 saturated carbocycles. The van der Waals surface area contributed by atoms with Gasteiger partial charge < -0.3 is 20.3 Å². The second-order valence-electron chi connectivity index (χ2n) is 8.51. The Morgan fingerprint density at radius 1 is 1.19 bits per heavy atom. The summed E-state index contributed by atoms with van der Waals surface area (Å²) in [5.74, 6) is 0.817. The molecular formula is C22H27F3N6O4S. The Labute approximate surface area is 206 Å². The molecule has 2 aromatic rings. The van der Waals surface area contributed by atoms with Crippen LogP contribution in [0.4, 0.5) is 29.5 Å². The fourth-order valence-corrected chi connectivity index (χ4v) is 5.10. The highest BCUT2D eigenvalue weighted by Crippen LogP contribution is 2.35. The smallest absolute Gasteiger partial charge is 0.377 e. The fourth-order valence-electron chi connectivity index (χ4n) is 4.19. The van der Waals surface area contributed by atoms with Crippen molar-refractivity contribution in [1.82, 2.24) is 19.6 Å². The zero-order chi connectivity index (χ0) is 26.1. The number of anilines is 2. The van der Waals surface area contributed by atoms with Crippen molar-refractivity contribution in [3.8, 4) is 11.4 Å². The van der Waals surface area contributed by atoms with Crippen LogP contribution in [0.3, 0.4) is 0 Å². The average molecular weight is 529 g/mol. The van der Waals surface area contributed by atoms with Gasteiger partial charge in [-0.15, -0.1) is 0 Å². The molecule has 1 atom stereocenters. The van der Waals surface area contributed by atoms with Gasteiger partial charge in [-0.25, -0.2) is 23.2 Å². The van der Waals surface area contributed by atoms with Crippen LogP contribution in [-0.2, 0) is 27.7 Å². The van der Waals surface area contributed by atoms with E-state index in [2.05, 4.69) is 15.6 Å². The van der Waals surface area contributed by atoms with Gasteiger partial charge in [0.05, 0.1) is 31.5 Å². The molecule has 0 spiro atoms. The highest BCUT2D eigenvalue weighted by molar-refractivity contribution is 7.89. The lowest BCUT2D eigenvalue weighted by atomic mass is 10.0. The molecule has 0 unspecified atom stereocenters. The number of urea groups is 1. The molecule has 36 heavy (non-hydrogen) atoms. The Bertz CT molecular complexity index is 1220. The van der Waals surface area contributed by atoms with E-state index >= 15 is 0 Å². The van der Waals surface area contributed by atoms with Gasteiger partial charge in [-0.3, -0.25) is 0 Å². The van der Waals surface area contributed by atoms with Gasteiger partial charge in [0.1, 0.15) is 5.82 Å². The number of benzene rings is 1. The van der Waals surface area contributed by atoms with Crippen LogP contribution in [0.25, 0.3) is 11.4 Å². The van der Waals surface area contributed by atoms with Crippen molar-refractivity contribution in [3.63, 3.8) is 0 Å². The molecule has 1 aromatic carbocycles. The summed E-state index contributed by atoms with van der Waals surface area (Å²) < 4.78 is 69.7. The summed E-state index contributed by atoms with van der Waals surface area (Å²) in [4.78, 5) is 23.0. The molecule has 14 heteroatoms. The van der Waals surface area contributed by atoms with Crippen molar-refractivity contribution < 1.29 is 31.1 Å². The highest BCUT2D eigenvalue weighted by atomic mass is 32.2. The third kappa shape index (κ3) is 5.25. The lowest BCUT2D eigenvalue weighted by molar-refractivity contribution is -0.0493. The van der Waals surface area contributed by atoms with Gasteiger partial charge in [-0.2, -0.15) is 17.5 Å². The van der Waals surface area contributed by atoms with Crippen molar-refractivity contribution >= 4 is 27.6 Å². The molecule has 0 aliphatic carbocycles. The Hall–Kier alpha value is -2.97. The van der Waals surface area contributed by atoms with Gasteiger partial charge in [0, 0.05) is 36.4 Å². The SMILES string of the molecule is CCNC(=O)Nc1ccc(-c2nc3c(c(N4CCOC[C@@H]4C)n2)CCN(S(=O)(=O)C(F)(F)F)C3)cc1. The molecule has 10 nitrogen and oxygen atoms in total. The number of sulfonamides is 1. The van der Waals surface area contributed by atoms with Crippen LogP contribution in [0.2, 0.25) is 0 Å². The number of morpholine rings is 1. The largest absolute Gasteiger partial charge is 0.511 e. The van der Waals surface area contributed by atoms with E-state index < -0.39 is 22.1 Å². The maximum absolute atomic E-state index is 13.2. The molecule has 196 valence electrons. The lowest BCUT2D eigenvalue weighted by Crippen LogP contribution is -2.47. The lowest BCUT2D eigenvalue weighted by Gasteiger charge is -2.37. The van der Waals surface area contributed by atoms with Crippen molar-refractivity contribution in [2.75, 3.05) is 43.1 Å². The quantitative estimate of drug-likeness (QED) is 0.613. The summed E-state index contributed by atoms with van der Waals surface area (Å²) >= 11 is 0. The number of alkyl halides is 3. The van der Waals surface area contributed by atoms with Gasteiger partial charge in [-0.05, 0) is 44.5 Å². The highest BCUT2D eigenvalue weighted by Gasteiger charge is 2.51. The number of carbonyl (C=O) groups excluding carboxylic acids is 1. The first-order valence-corrected chi connectivity index (χ1v) is 12.9. The summed E-state index contributed by atoms with van der Waals surface area (Å²) in [7, 11) is -5.50. The van der Waals surface area contributed by atoms with Crippen molar-refractivity contribution in [2.45, 2.75) is 38.4 Å². The van der Waals surface area contributed by atoms with Gasteiger partial charge in [-0.1, -0.05) is 0 Å². The molecule has 0 bridgehead atoms. The molecule has 2 aliphatic heterocycles. The Kier molecular flexibility index (Phi) is 7.38. The molecular weight excluding hydrogens is 501 g/mol. The normalized spacial score (nSPS) is 19.0. The predicted molar refractivity (Wildman–Crippen MR) is 127 cm³/mol. The first-order chi connectivity index (χ1) is 17.0. The summed E-state index contributed by atoms with van der Waals surface area (Å²) in [6.07, 6.45) is 0.0553. The van der Waals surface area contributed by atoms with E-state index in [0.717, 1.165) is 0 Å². The molecule has 1 aromatic heterocycles. The van der Waals surface area contributed by atoms with Crippen LogP contribution < -0.4 is 15.5 Å². The van der Waals surface area contributed by atoms with E-state index in [0.29, 0.717) is 53.2 Å². The van der Waals surface area contributed by atoms with E-state index in [-0.39, 0.29) is 36.6 Å². The Balaban J connectivity index is 1.73. The van der Waals surface area contributed by atoms with Crippen LogP contribution in [0.1, 0.15) is 25.1 Å². The minimum absolute atomic E-state index is 0.0359. The number of ether oxygens (including phenoxy) is 1. The second-order valence-corrected chi connectivity index (χ2v) is 10.4. The number of carbonyl (C=O) groups is 1. The number of nitrogens with zero attached hydrogens (tertiary/aromatic N) is 4. The van der Waals surface area contributed by atoms with Crippen molar-refractivity contribution in [2.24, 2.45) is 0 Å². The minimum Gasteiger partial charge on any atom is -0.377 e. The van der Waals surface area contributed by atoms with Gasteiger partial charge in [0.15, 0.2) is 5.82 Å². The number of halogens is 3. The number of hydrogen-bond acceptors (Lipinski definition) is 7. The third-order valence-corrected chi connectivity index (χ3v) is 7.60. The van der Waals surface area contributed by atoms with Crippen LogP contribution in [-0.4, -0.2) is 73.1 Å². The first-order valence-electron chi connectivity index (χ1n) is 11.5. The summed E-state index contributed by atoms with van der Waals surface area (Å²) in [6, 6.07) is 6.29. The van der Waals surface area contributed by atoms with Crippen LogP contribution in [0.5, 0.6) is 0 Å². The maximum Gasteiger partial charge on any atom is 0.511 e. The van der Waals surface area contributed by atoms with Gasteiger partial charge >= 0.3 is 21.6 Å². The zero-order valence-electron chi connectivity index (χ0n) is 19.8. The number of fused-ring (bicyclic) bond motifs is 1. The predicted octanol–water partition coefficient (Wildman–Crippen LogP) is 2.72. The Morgan fingerprint density at radius 3 is 2.56 bits per heavy atom. The van der Waals surface area contributed by atoms with E-state index in [1.54, 1.807) is 31.2 Å². The molecule has 1 fully saturated rings. The Morgan fingerprint density at radius 2 is 1.92 bits per heavy atom. The summed E-state index contributed by atoms with van der Waals surface area (Å²) in [6.45, 7) is 4.86. The van der Waals surface area contributed by atoms with Crippen molar-refractivity contribution in [3.05, 3.63) is 35.5 Å². The van der Waals surface area contributed by atoms with E-state index in [9.17, 15) is 26.4 Å². The van der Waals surface area contributed by atoms with Crippen LogP contribution in [0, 0.1) is 0 Å². The number of nitrogens with one attached hydrogen (secondary N) is 2. The second kappa shape index (κ2) is 10.2. The number of hydrogen-bond donors (Lipinski definition) is 2. The molecule has 2 N–H and O–H groups in total. The van der Waals surface area contributed by atoms with E-state index in [4.69, 9.17) is 9.72 Å². The third-order valence-electron chi connectivity index (χ3n) is 6.02. The van der Waals surface area contributed by atoms with Crippen molar-refractivity contribution in [1.29, 1.82) is 0 Å². The molecule has 2 aliphatic rings. The molecule has 3 heterocycles. The maximum atomic E-state index is 13.2. The topological polar surface area (TPSA) is 117 Å².